The molecule has 120 valence electrons. The van der Waals surface area contributed by atoms with Crippen LogP contribution in [0.5, 0.6) is 5.75 Å². The fourth-order valence-corrected chi connectivity index (χ4v) is 3.18. The lowest BCUT2D eigenvalue weighted by Gasteiger charge is -2.17. The molecule has 1 aliphatic carbocycles. The maximum Gasteiger partial charge on any atom is 0.223 e. The van der Waals surface area contributed by atoms with Gasteiger partial charge in [-0.3, -0.25) is 4.79 Å². The molecule has 0 saturated carbocycles. The summed E-state index contributed by atoms with van der Waals surface area (Å²) in [7, 11) is 1.66. The monoisotopic (exact) mass is 311 g/mol. The molecule has 0 bridgehead atoms. The summed E-state index contributed by atoms with van der Waals surface area (Å²) in [6.07, 6.45) is 1.05. The Bertz CT molecular complexity index is 684. The van der Waals surface area contributed by atoms with Crippen LogP contribution in [0.15, 0.2) is 48.5 Å². The maximum atomic E-state index is 12.2. The SMILES string of the molecule is COc1cccc2c1CCC2NC(=O)CC(O)c1ccccc1. The van der Waals surface area contributed by atoms with Crippen LogP contribution in [0.2, 0.25) is 0 Å². The van der Waals surface area contributed by atoms with Crippen LogP contribution in [-0.2, 0) is 11.2 Å². The summed E-state index contributed by atoms with van der Waals surface area (Å²) in [6.45, 7) is 0. The third-order valence-electron chi connectivity index (χ3n) is 4.35. The van der Waals surface area contributed by atoms with Crippen molar-refractivity contribution in [1.29, 1.82) is 0 Å². The minimum atomic E-state index is -0.776. The number of rotatable bonds is 5. The molecule has 0 aromatic heterocycles. The number of hydrogen-bond donors (Lipinski definition) is 2. The van der Waals surface area contributed by atoms with E-state index in [1.165, 1.54) is 5.56 Å². The molecule has 2 N–H and O–H groups in total. The lowest BCUT2D eigenvalue weighted by Crippen LogP contribution is -2.28. The van der Waals surface area contributed by atoms with Crippen molar-refractivity contribution in [1.82, 2.24) is 5.32 Å². The van der Waals surface area contributed by atoms with E-state index in [1.54, 1.807) is 7.11 Å². The predicted molar refractivity (Wildman–Crippen MR) is 88.2 cm³/mol. The summed E-state index contributed by atoms with van der Waals surface area (Å²) < 4.78 is 5.38. The van der Waals surface area contributed by atoms with Crippen molar-refractivity contribution in [3.05, 3.63) is 65.2 Å². The van der Waals surface area contributed by atoms with Crippen molar-refractivity contribution in [2.24, 2.45) is 0 Å². The van der Waals surface area contributed by atoms with Crippen molar-refractivity contribution in [2.75, 3.05) is 7.11 Å². The second-order valence-corrected chi connectivity index (χ2v) is 5.82. The molecule has 1 amide bonds. The molecule has 0 aliphatic heterocycles. The van der Waals surface area contributed by atoms with Crippen LogP contribution >= 0.6 is 0 Å². The van der Waals surface area contributed by atoms with E-state index in [0.717, 1.165) is 29.7 Å². The quantitative estimate of drug-likeness (QED) is 0.892. The second-order valence-electron chi connectivity index (χ2n) is 5.82. The van der Waals surface area contributed by atoms with Crippen molar-refractivity contribution in [3.8, 4) is 5.75 Å². The van der Waals surface area contributed by atoms with E-state index in [4.69, 9.17) is 4.74 Å². The van der Waals surface area contributed by atoms with Gasteiger partial charge in [-0.25, -0.2) is 0 Å². The van der Waals surface area contributed by atoms with E-state index in [9.17, 15) is 9.90 Å². The number of hydrogen-bond acceptors (Lipinski definition) is 3. The molecule has 3 rings (SSSR count). The molecular weight excluding hydrogens is 290 g/mol. The van der Waals surface area contributed by atoms with Crippen molar-refractivity contribution in [3.63, 3.8) is 0 Å². The number of carbonyl (C=O) groups excluding carboxylic acids is 1. The Labute approximate surface area is 136 Å². The molecule has 0 spiro atoms. The molecule has 1 aliphatic rings. The second kappa shape index (κ2) is 6.84. The third-order valence-corrected chi connectivity index (χ3v) is 4.35. The first-order chi connectivity index (χ1) is 11.2. The average molecular weight is 311 g/mol. The molecule has 2 unspecified atom stereocenters. The Morgan fingerprint density at radius 3 is 2.78 bits per heavy atom. The van der Waals surface area contributed by atoms with Gasteiger partial charge in [0.05, 0.1) is 25.7 Å². The minimum absolute atomic E-state index is 0.00410. The Hall–Kier alpha value is -2.33. The number of ether oxygens (including phenoxy) is 1. The van der Waals surface area contributed by atoms with Crippen LogP contribution in [-0.4, -0.2) is 18.1 Å². The first-order valence-electron chi connectivity index (χ1n) is 7.87. The van der Waals surface area contributed by atoms with E-state index in [1.807, 2.05) is 48.5 Å². The highest BCUT2D eigenvalue weighted by Crippen LogP contribution is 2.36. The topological polar surface area (TPSA) is 58.6 Å². The first-order valence-corrected chi connectivity index (χ1v) is 7.87. The lowest BCUT2D eigenvalue weighted by molar-refractivity contribution is -0.123. The number of carbonyl (C=O) groups is 1. The predicted octanol–water partition coefficient (Wildman–Crippen LogP) is 2.92. The number of amides is 1. The molecule has 0 heterocycles. The fourth-order valence-electron chi connectivity index (χ4n) is 3.18. The molecular formula is C19H21NO3. The van der Waals surface area contributed by atoms with E-state index >= 15 is 0 Å². The van der Waals surface area contributed by atoms with Gasteiger partial charge in [0.15, 0.2) is 0 Å². The smallest absolute Gasteiger partial charge is 0.223 e. The summed E-state index contributed by atoms with van der Waals surface area (Å²) in [4.78, 5) is 12.2. The van der Waals surface area contributed by atoms with Crippen molar-refractivity contribution < 1.29 is 14.6 Å². The number of fused-ring (bicyclic) bond motifs is 1. The fraction of sp³-hybridized carbons (Fsp3) is 0.316. The van der Waals surface area contributed by atoms with Gasteiger partial charge in [-0.05, 0) is 35.6 Å². The van der Waals surface area contributed by atoms with Gasteiger partial charge in [0.2, 0.25) is 5.91 Å². The minimum Gasteiger partial charge on any atom is -0.496 e. The van der Waals surface area contributed by atoms with Gasteiger partial charge in [-0.1, -0.05) is 42.5 Å². The summed E-state index contributed by atoms with van der Waals surface area (Å²) in [5.74, 6) is 0.741. The molecule has 2 atom stereocenters. The normalized spacial score (nSPS) is 17.4. The maximum absolute atomic E-state index is 12.2. The van der Waals surface area contributed by atoms with E-state index in [2.05, 4.69) is 5.32 Å². The Balaban J connectivity index is 1.64. The molecule has 23 heavy (non-hydrogen) atoms. The largest absolute Gasteiger partial charge is 0.496 e. The van der Waals surface area contributed by atoms with Gasteiger partial charge in [0.25, 0.3) is 0 Å². The van der Waals surface area contributed by atoms with Crippen LogP contribution in [0.3, 0.4) is 0 Å². The van der Waals surface area contributed by atoms with Crippen LogP contribution in [0.4, 0.5) is 0 Å². The molecule has 2 aromatic rings. The highest BCUT2D eigenvalue weighted by Gasteiger charge is 2.26. The van der Waals surface area contributed by atoms with Gasteiger partial charge in [-0.2, -0.15) is 0 Å². The number of methoxy groups -OCH3 is 1. The number of benzene rings is 2. The lowest BCUT2D eigenvalue weighted by atomic mass is 10.0. The van der Waals surface area contributed by atoms with Crippen molar-refractivity contribution in [2.45, 2.75) is 31.4 Å². The zero-order chi connectivity index (χ0) is 16.2. The van der Waals surface area contributed by atoms with Crippen LogP contribution in [0.25, 0.3) is 0 Å². The van der Waals surface area contributed by atoms with Crippen LogP contribution < -0.4 is 10.1 Å². The van der Waals surface area contributed by atoms with Crippen molar-refractivity contribution >= 4 is 5.91 Å². The summed E-state index contributed by atoms with van der Waals surface area (Å²) >= 11 is 0. The number of nitrogens with one attached hydrogen (secondary N) is 1. The zero-order valence-electron chi connectivity index (χ0n) is 13.2. The Morgan fingerprint density at radius 1 is 1.26 bits per heavy atom. The number of aliphatic hydroxyl groups excluding tert-OH is 1. The van der Waals surface area contributed by atoms with Gasteiger partial charge >= 0.3 is 0 Å². The first kappa shape index (κ1) is 15.6. The highest BCUT2D eigenvalue weighted by molar-refractivity contribution is 5.77. The van der Waals surface area contributed by atoms with Gasteiger partial charge < -0.3 is 15.2 Å². The molecule has 0 fully saturated rings. The van der Waals surface area contributed by atoms with E-state index in [0.29, 0.717) is 0 Å². The zero-order valence-corrected chi connectivity index (χ0v) is 13.2. The third kappa shape index (κ3) is 3.37. The number of aliphatic hydroxyl groups is 1. The van der Waals surface area contributed by atoms with Gasteiger partial charge in [0, 0.05) is 0 Å². The molecule has 4 heteroatoms. The Morgan fingerprint density at radius 2 is 2.04 bits per heavy atom. The molecule has 4 nitrogen and oxygen atoms in total. The van der Waals surface area contributed by atoms with E-state index in [-0.39, 0.29) is 18.4 Å². The van der Waals surface area contributed by atoms with Gasteiger partial charge in [-0.15, -0.1) is 0 Å². The van der Waals surface area contributed by atoms with Crippen LogP contribution in [0.1, 0.15) is 41.7 Å². The summed E-state index contributed by atoms with van der Waals surface area (Å²) in [5.41, 5.74) is 3.05. The summed E-state index contributed by atoms with van der Waals surface area (Å²) in [5, 5.41) is 13.2. The molecule has 0 radical (unpaired) electrons. The van der Waals surface area contributed by atoms with Gasteiger partial charge in [0.1, 0.15) is 5.75 Å². The average Bonchev–Trinajstić information content (AvgIpc) is 2.98. The summed E-state index contributed by atoms with van der Waals surface area (Å²) in [6, 6.07) is 15.2. The van der Waals surface area contributed by atoms with Crippen LogP contribution in [0, 0.1) is 0 Å². The highest BCUT2D eigenvalue weighted by atomic mass is 16.5. The molecule has 2 aromatic carbocycles. The standard InChI is InChI=1S/C19H21NO3/c1-23-18-9-5-8-14-15(18)10-11-16(14)20-19(22)12-17(21)13-6-3-2-4-7-13/h2-9,16-17,21H,10-12H2,1H3,(H,20,22). The Kier molecular flexibility index (Phi) is 4.63. The molecule has 0 saturated heterocycles. The van der Waals surface area contributed by atoms with E-state index < -0.39 is 6.10 Å².